The van der Waals surface area contributed by atoms with Crippen LogP contribution in [0, 0.1) is 0 Å². The van der Waals surface area contributed by atoms with Gasteiger partial charge >= 0.3 is 0 Å². The van der Waals surface area contributed by atoms with E-state index in [-0.39, 0.29) is 13.2 Å². The Morgan fingerprint density at radius 2 is 2.05 bits per heavy atom. The summed E-state index contributed by atoms with van der Waals surface area (Å²) in [5.41, 5.74) is 0.535. The second-order valence-corrected chi connectivity index (χ2v) is 4.74. The molecule has 1 aromatic rings. The molecule has 9 heteroatoms. The van der Waals surface area contributed by atoms with Crippen LogP contribution in [0.2, 0.25) is 0 Å². The summed E-state index contributed by atoms with van der Waals surface area (Å²) in [6.07, 6.45) is -1.19. The van der Waals surface area contributed by atoms with E-state index in [4.69, 9.17) is 9.84 Å². The molecule has 20 heavy (non-hydrogen) atoms. The van der Waals surface area contributed by atoms with Crippen molar-refractivity contribution in [1.82, 2.24) is 9.55 Å². The number of hydrogen-bond acceptors (Lipinski definition) is 8. The number of aliphatic imine (C=N–C) groups is 1. The fraction of sp³-hybridized carbons (Fsp3) is 0.636. The molecule has 0 amide bonds. The summed E-state index contributed by atoms with van der Waals surface area (Å²) in [5, 5.41) is 41.0. The number of anilines is 1. The Morgan fingerprint density at radius 1 is 1.25 bits per heavy atom. The van der Waals surface area contributed by atoms with Crippen LogP contribution in [-0.4, -0.2) is 67.8 Å². The average molecular weight is 284 g/mol. The third-order valence-corrected chi connectivity index (χ3v) is 3.56. The normalized spacial score (nSPS) is 35.9. The highest BCUT2D eigenvalue weighted by atomic mass is 16.6. The topological polar surface area (TPSA) is 132 Å². The van der Waals surface area contributed by atoms with Crippen LogP contribution in [0.25, 0.3) is 0 Å². The zero-order valence-corrected chi connectivity index (χ0v) is 10.5. The smallest absolute Gasteiger partial charge is 0.165 e. The quantitative estimate of drug-likeness (QED) is 0.433. The summed E-state index contributed by atoms with van der Waals surface area (Å²) in [6, 6.07) is -0.468. The molecule has 0 aromatic carbocycles. The molecule has 5 N–H and O–H groups in total. The SMILES string of the molecule is OC[C@@H]1N=CNc2c1ncn2C1O[C@H](CO)[C@@H](O)[C@H]1O. The van der Waals surface area contributed by atoms with E-state index in [0.717, 1.165) is 0 Å². The number of imidazole rings is 1. The number of nitrogens with zero attached hydrogens (tertiary/aromatic N) is 3. The lowest BCUT2D eigenvalue weighted by Crippen LogP contribution is -2.33. The van der Waals surface area contributed by atoms with Crippen molar-refractivity contribution in [3.05, 3.63) is 12.0 Å². The minimum atomic E-state index is -1.18. The second-order valence-electron chi connectivity index (χ2n) is 4.74. The molecule has 3 heterocycles. The van der Waals surface area contributed by atoms with Gasteiger partial charge in [0.1, 0.15) is 35.9 Å². The van der Waals surface area contributed by atoms with Gasteiger partial charge in [0.15, 0.2) is 6.23 Å². The van der Waals surface area contributed by atoms with Gasteiger partial charge in [-0.1, -0.05) is 0 Å². The molecular weight excluding hydrogens is 268 g/mol. The number of rotatable bonds is 3. The van der Waals surface area contributed by atoms with Gasteiger partial charge in [-0.05, 0) is 0 Å². The monoisotopic (exact) mass is 284 g/mol. The molecule has 3 rings (SSSR count). The van der Waals surface area contributed by atoms with Crippen molar-refractivity contribution >= 4 is 12.2 Å². The lowest BCUT2D eigenvalue weighted by atomic mass is 10.1. The molecule has 1 unspecified atom stereocenters. The van der Waals surface area contributed by atoms with Gasteiger partial charge in [0.25, 0.3) is 0 Å². The summed E-state index contributed by atoms with van der Waals surface area (Å²) in [6.45, 7) is -0.572. The van der Waals surface area contributed by atoms with Crippen LogP contribution in [0.5, 0.6) is 0 Å². The first kappa shape index (κ1) is 13.5. The molecule has 1 fully saturated rings. The van der Waals surface area contributed by atoms with E-state index in [1.807, 2.05) is 0 Å². The molecular formula is C11H16N4O5. The van der Waals surface area contributed by atoms with E-state index in [0.29, 0.717) is 11.5 Å². The summed E-state index contributed by atoms with van der Waals surface area (Å²) in [7, 11) is 0. The summed E-state index contributed by atoms with van der Waals surface area (Å²) in [5.74, 6) is 0.536. The lowest BCUT2D eigenvalue weighted by Gasteiger charge is -2.21. The van der Waals surface area contributed by atoms with Crippen molar-refractivity contribution in [2.45, 2.75) is 30.6 Å². The van der Waals surface area contributed by atoms with E-state index in [2.05, 4.69) is 15.3 Å². The minimum absolute atomic E-state index is 0.182. The number of fused-ring (bicyclic) bond motifs is 1. The molecule has 0 aliphatic carbocycles. The van der Waals surface area contributed by atoms with E-state index >= 15 is 0 Å². The van der Waals surface area contributed by atoms with Crippen LogP contribution in [0.4, 0.5) is 5.82 Å². The number of aliphatic hydroxyl groups is 4. The van der Waals surface area contributed by atoms with Gasteiger partial charge in [-0.3, -0.25) is 9.56 Å². The van der Waals surface area contributed by atoms with Gasteiger partial charge in [0.05, 0.1) is 25.9 Å². The fourth-order valence-electron chi connectivity index (χ4n) is 2.46. The predicted molar refractivity (Wildman–Crippen MR) is 67.2 cm³/mol. The first-order valence-corrected chi connectivity index (χ1v) is 6.25. The fourth-order valence-corrected chi connectivity index (χ4v) is 2.46. The minimum Gasteiger partial charge on any atom is -0.394 e. The molecule has 2 aliphatic heterocycles. The number of nitrogens with one attached hydrogen (secondary N) is 1. The molecule has 0 bridgehead atoms. The Labute approximate surface area is 114 Å². The Morgan fingerprint density at radius 3 is 2.70 bits per heavy atom. The van der Waals surface area contributed by atoms with Gasteiger partial charge in [0, 0.05) is 0 Å². The first-order chi connectivity index (χ1) is 9.67. The third kappa shape index (κ3) is 1.91. The standard InChI is InChI=1S/C11H16N4O5/c16-1-5-7-10(13-3-12-5)15(4-14-7)11-9(19)8(18)6(2-17)20-11/h3-6,8-9,11,16-19H,1-2H2,(H,12,13)/t5-,6+,8+,9+,11?/m0/s1. The van der Waals surface area contributed by atoms with Gasteiger partial charge in [-0.2, -0.15) is 0 Å². The highest BCUT2D eigenvalue weighted by molar-refractivity contribution is 5.78. The maximum Gasteiger partial charge on any atom is 0.165 e. The zero-order valence-electron chi connectivity index (χ0n) is 10.5. The van der Waals surface area contributed by atoms with Crippen molar-refractivity contribution in [2.75, 3.05) is 18.5 Å². The predicted octanol–water partition coefficient (Wildman–Crippen LogP) is -2.02. The molecule has 0 radical (unpaired) electrons. The van der Waals surface area contributed by atoms with Gasteiger partial charge in [-0.15, -0.1) is 0 Å². The third-order valence-electron chi connectivity index (χ3n) is 3.56. The van der Waals surface area contributed by atoms with E-state index in [1.54, 1.807) is 0 Å². The molecule has 110 valence electrons. The Hall–Kier alpha value is -1.52. The number of hydrogen-bond donors (Lipinski definition) is 5. The van der Waals surface area contributed by atoms with Crippen LogP contribution in [0.15, 0.2) is 11.3 Å². The highest BCUT2D eigenvalue weighted by Crippen LogP contribution is 2.35. The molecule has 1 saturated heterocycles. The van der Waals surface area contributed by atoms with Crippen LogP contribution in [0.3, 0.4) is 0 Å². The van der Waals surface area contributed by atoms with Crippen molar-refractivity contribution in [2.24, 2.45) is 4.99 Å². The maximum atomic E-state index is 10.0. The largest absolute Gasteiger partial charge is 0.394 e. The molecule has 5 atom stereocenters. The molecule has 1 aromatic heterocycles. The molecule has 0 spiro atoms. The maximum absolute atomic E-state index is 10.0. The van der Waals surface area contributed by atoms with Gasteiger partial charge in [-0.25, -0.2) is 4.98 Å². The Bertz CT molecular complexity index is 519. The van der Waals surface area contributed by atoms with Gasteiger partial charge in [0.2, 0.25) is 0 Å². The van der Waals surface area contributed by atoms with E-state index < -0.39 is 30.6 Å². The van der Waals surface area contributed by atoms with Crippen molar-refractivity contribution in [3.8, 4) is 0 Å². The Balaban J connectivity index is 1.92. The highest BCUT2D eigenvalue weighted by Gasteiger charge is 2.44. The second kappa shape index (κ2) is 5.11. The average Bonchev–Trinajstić information content (AvgIpc) is 3.01. The van der Waals surface area contributed by atoms with Crippen LogP contribution < -0.4 is 5.32 Å². The van der Waals surface area contributed by atoms with Crippen LogP contribution in [-0.2, 0) is 4.74 Å². The molecule has 9 nitrogen and oxygen atoms in total. The van der Waals surface area contributed by atoms with Crippen LogP contribution >= 0.6 is 0 Å². The van der Waals surface area contributed by atoms with Crippen molar-refractivity contribution in [3.63, 3.8) is 0 Å². The Kier molecular flexibility index (Phi) is 3.44. The number of aromatic nitrogens is 2. The number of aliphatic hydroxyl groups excluding tert-OH is 4. The molecule has 2 aliphatic rings. The van der Waals surface area contributed by atoms with Crippen LogP contribution in [0.1, 0.15) is 18.0 Å². The lowest BCUT2D eigenvalue weighted by molar-refractivity contribution is -0.0518. The first-order valence-electron chi connectivity index (χ1n) is 6.25. The summed E-state index contributed by atoms with van der Waals surface area (Å²) >= 11 is 0. The van der Waals surface area contributed by atoms with Gasteiger partial charge < -0.3 is 30.5 Å². The van der Waals surface area contributed by atoms with Crippen molar-refractivity contribution in [1.29, 1.82) is 0 Å². The summed E-state index contributed by atoms with van der Waals surface area (Å²) in [4.78, 5) is 8.20. The summed E-state index contributed by atoms with van der Waals surface area (Å²) < 4.78 is 6.96. The van der Waals surface area contributed by atoms with E-state index in [1.165, 1.54) is 17.2 Å². The van der Waals surface area contributed by atoms with E-state index in [9.17, 15) is 15.3 Å². The zero-order chi connectivity index (χ0) is 14.3. The molecule has 0 saturated carbocycles. The number of ether oxygens (including phenoxy) is 1. The van der Waals surface area contributed by atoms with Crippen molar-refractivity contribution < 1.29 is 25.2 Å².